The van der Waals surface area contributed by atoms with Crippen molar-refractivity contribution in [3.63, 3.8) is 0 Å². The third-order valence-electron chi connectivity index (χ3n) is 3.79. The first-order valence-electron chi connectivity index (χ1n) is 7.20. The second-order valence-corrected chi connectivity index (χ2v) is 5.95. The molecule has 1 heterocycles. The lowest BCUT2D eigenvalue weighted by Gasteiger charge is -2.16. The number of rotatable bonds is 5. The van der Waals surface area contributed by atoms with Crippen molar-refractivity contribution in [1.29, 1.82) is 0 Å². The van der Waals surface area contributed by atoms with Crippen molar-refractivity contribution in [3.8, 4) is 11.1 Å². The van der Waals surface area contributed by atoms with Gasteiger partial charge in [0.25, 0.3) is 0 Å². The fraction of sp³-hybridized carbons (Fsp3) is 0.158. The van der Waals surface area contributed by atoms with E-state index in [2.05, 4.69) is 76.7 Å². The summed E-state index contributed by atoms with van der Waals surface area (Å²) in [7, 11) is 2.03. The first-order valence-corrected chi connectivity index (χ1v) is 8.15. The summed E-state index contributed by atoms with van der Waals surface area (Å²) in [5.41, 5.74) is 5.27. The van der Waals surface area contributed by atoms with Gasteiger partial charge in [0.05, 0.1) is 0 Å². The van der Waals surface area contributed by atoms with Crippen LogP contribution < -0.4 is 5.32 Å². The van der Waals surface area contributed by atoms with Crippen LogP contribution >= 0.6 is 11.3 Å². The zero-order valence-corrected chi connectivity index (χ0v) is 12.9. The number of benzene rings is 2. The molecule has 2 aromatic carbocycles. The molecule has 0 aliphatic heterocycles. The highest BCUT2D eigenvalue weighted by atomic mass is 32.1. The molecule has 0 amide bonds. The molecule has 1 aromatic heterocycles. The Kier molecular flexibility index (Phi) is 4.49. The van der Waals surface area contributed by atoms with Crippen LogP contribution in [-0.4, -0.2) is 7.05 Å². The lowest BCUT2D eigenvalue weighted by Crippen LogP contribution is -2.18. The van der Waals surface area contributed by atoms with Gasteiger partial charge in [0.2, 0.25) is 0 Å². The van der Waals surface area contributed by atoms with Crippen molar-refractivity contribution in [1.82, 2.24) is 5.32 Å². The van der Waals surface area contributed by atoms with E-state index in [0.717, 1.165) is 6.42 Å². The molecule has 0 bridgehead atoms. The molecular formula is C19H19NS. The van der Waals surface area contributed by atoms with Crippen LogP contribution in [0.4, 0.5) is 0 Å². The van der Waals surface area contributed by atoms with Crippen molar-refractivity contribution in [3.05, 3.63) is 82.6 Å². The van der Waals surface area contributed by atoms with Crippen LogP contribution in [0, 0.1) is 0 Å². The van der Waals surface area contributed by atoms with Crippen LogP contribution in [-0.2, 0) is 6.42 Å². The standard InChI is InChI=1S/C19H19NS/c1-20-19(13-15-11-12-21-14-15)18-9-7-17(8-10-18)16-5-3-2-4-6-16/h2-12,14,19-20H,13H2,1H3. The lowest BCUT2D eigenvalue weighted by molar-refractivity contribution is 0.593. The van der Waals surface area contributed by atoms with Crippen molar-refractivity contribution in [2.45, 2.75) is 12.5 Å². The van der Waals surface area contributed by atoms with Crippen LogP contribution in [0.2, 0.25) is 0 Å². The molecule has 3 rings (SSSR count). The van der Waals surface area contributed by atoms with Gasteiger partial charge >= 0.3 is 0 Å². The van der Waals surface area contributed by atoms with Gasteiger partial charge in [-0.05, 0) is 52.5 Å². The highest BCUT2D eigenvalue weighted by Gasteiger charge is 2.10. The zero-order chi connectivity index (χ0) is 14.5. The first-order chi connectivity index (χ1) is 10.4. The highest BCUT2D eigenvalue weighted by Crippen LogP contribution is 2.24. The molecule has 1 nitrogen and oxygen atoms in total. The van der Waals surface area contributed by atoms with Crippen molar-refractivity contribution < 1.29 is 0 Å². The molecule has 1 N–H and O–H groups in total. The van der Waals surface area contributed by atoms with Gasteiger partial charge in [0, 0.05) is 6.04 Å². The van der Waals surface area contributed by atoms with E-state index >= 15 is 0 Å². The third-order valence-corrected chi connectivity index (χ3v) is 4.52. The summed E-state index contributed by atoms with van der Waals surface area (Å²) >= 11 is 1.76. The van der Waals surface area contributed by atoms with Gasteiger partial charge in [-0.3, -0.25) is 0 Å². The summed E-state index contributed by atoms with van der Waals surface area (Å²) in [4.78, 5) is 0. The molecular weight excluding hydrogens is 274 g/mol. The molecule has 0 saturated heterocycles. The molecule has 0 spiro atoms. The SMILES string of the molecule is CNC(Cc1ccsc1)c1ccc(-c2ccccc2)cc1. The molecule has 0 saturated carbocycles. The average molecular weight is 293 g/mol. The summed E-state index contributed by atoms with van der Waals surface area (Å²) in [5, 5.41) is 7.78. The average Bonchev–Trinajstić information content (AvgIpc) is 3.07. The van der Waals surface area contributed by atoms with E-state index in [1.54, 1.807) is 11.3 Å². The lowest BCUT2D eigenvalue weighted by atomic mass is 9.97. The van der Waals surface area contributed by atoms with E-state index < -0.39 is 0 Å². The first kappa shape index (κ1) is 14.1. The van der Waals surface area contributed by atoms with Gasteiger partial charge < -0.3 is 5.32 Å². The van der Waals surface area contributed by atoms with Gasteiger partial charge in [-0.2, -0.15) is 11.3 Å². The number of hydrogen-bond donors (Lipinski definition) is 1. The van der Waals surface area contributed by atoms with Crippen LogP contribution in [0.15, 0.2) is 71.4 Å². The fourth-order valence-corrected chi connectivity index (χ4v) is 3.25. The van der Waals surface area contributed by atoms with E-state index in [1.807, 2.05) is 7.05 Å². The van der Waals surface area contributed by atoms with E-state index in [0.29, 0.717) is 6.04 Å². The van der Waals surface area contributed by atoms with Gasteiger partial charge in [-0.15, -0.1) is 0 Å². The Morgan fingerprint density at radius 2 is 1.62 bits per heavy atom. The summed E-state index contributed by atoms with van der Waals surface area (Å²) in [5.74, 6) is 0. The monoisotopic (exact) mass is 293 g/mol. The Labute approximate surface area is 130 Å². The fourth-order valence-electron chi connectivity index (χ4n) is 2.57. The normalized spacial score (nSPS) is 12.2. The maximum Gasteiger partial charge on any atom is 0.0358 e. The second-order valence-electron chi connectivity index (χ2n) is 5.17. The minimum absolute atomic E-state index is 0.365. The van der Waals surface area contributed by atoms with Gasteiger partial charge in [-0.1, -0.05) is 54.6 Å². The predicted octanol–water partition coefficient (Wildman–Crippen LogP) is 4.92. The van der Waals surface area contributed by atoms with E-state index in [9.17, 15) is 0 Å². The Hall–Kier alpha value is -1.90. The van der Waals surface area contributed by atoms with Crippen molar-refractivity contribution in [2.75, 3.05) is 7.05 Å². The highest BCUT2D eigenvalue weighted by molar-refractivity contribution is 7.07. The molecule has 3 aromatic rings. The Morgan fingerprint density at radius 1 is 0.905 bits per heavy atom. The van der Waals surface area contributed by atoms with Crippen LogP contribution in [0.5, 0.6) is 0 Å². The molecule has 0 radical (unpaired) electrons. The molecule has 0 aliphatic rings. The van der Waals surface area contributed by atoms with Crippen molar-refractivity contribution >= 4 is 11.3 Å². The summed E-state index contributed by atoms with van der Waals surface area (Å²) in [6, 6.07) is 22.0. The Balaban J connectivity index is 1.79. The minimum Gasteiger partial charge on any atom is -0.313 e. The molecule has 106 valence electrons. The predicted molar refractivity (Wildman–Crippen MR) is 91.7 cm³/mol. The minimum atomic E-state index is 0.365. The van der Waals surface area contributed by atoms with E-state index in [1.165, 1.54) is 22.3 Å². The van der Waals surface area contributed by atoms with Crippen molar-refractivity contribution in [2.24, 2.45) is 0 Å². The maximum atomic E-state index is 3.42. The molecule has 21 heavy (non-hydrogen) atoms. The maximum absolute atomic E-state index is 3.42. The van der Waals surface area contributed by atoms with Crippen LogP contribution in [0.1, 0.15) is 17.2 Å². The number of hydrogen-bond acceptors (Lipinski definition) is 2. The number of likely N-dealkylation sites (N-methyl/N-ethyl adjacent to an activating group) is 1. The van der Waals surface area contributed by atoms with Gasteiger partial charge in [0.1, 0.15) is 0 Å². The zero-order valence-electron chi connectivity index (χ0n) is 12.1. The van der Waals surface area contributed by atoms with Gasteiger partial charge in [-0.25, -0.2) is 0 Å². The summed E-state index contributed by atoms with van der Waals surface area (Å²) in [6.07, 6.45) is 1.03. The Morgan fingerprint density at radius 3 is 2.24 bits per heavy atom. The molecule has 1 unspecified atom stereocenters. The van der Waals surface area contributed by atoms with E-state index in [4.69, 9.17) is 0 Å². The van der Waals surface area contributed by atoms with E-state index in [-0.39, 0.29) is 0 Å². The summed E-state index contributed by atoms with van der Waals surface area (Å²) < 4.78 is 0. The summed E-state index contributed by atoms with van der Waals surface area (Å²) in [6.45, 7) is 0. The number of nitrogens with one attached hydrogen (secondary N) is 1. The molecule has 1 atom stereocenters. The quantitative estimate of drug-likeness (QED) is 0.704. The topological polar surface area (TPSA) is 12.0 Å². The third kappa shape index (κ3) is 3.41. The molecule has 2 heteroatoms. The largest absolute Gasteiger partial charge is 0.313 e. The molecule has 0 aliphatic carbocycles. The smallest absolute Gasteiger partial charge is 0.0358 e. The Bertz CT molecular complexity index is 657. The van der Waals surface area contributed by atoms with Crippen LogP contribution in [0.3, 0.4) is 0 Å². The van der Waals surface area contributed by atoms with Crippen LogP contribution in [0.25, 0.3) is 11.1 Å². The van der Waals surface area contributed by atoms with Gasteiger partial charge in [0.15, 0.2) is 0 Å². The number of thiophene rings is 1. The molecule has 0 fully saturated rings. The second kappa shape index (κ2) is 6.70.